The SMILES string of the molecule is CC1CCCN(S(=O)(=O)NCCN2CCN(c3ccccc3)CC2)C1. The largest absolute Gasteiger partial charge is 0.369 e. The van der Waals surface area contributed by atoms with E-state index >= 15 is 0 Å². The van der Waals surface area contributed by atoms with Crippen LogP contribution in [0.15, 0.2) is 30.3 Å². The van der Waals surface area contributed by atoms with Gasteiger partial charge in [-0.1, -0.05) is 25.1 Å². The van der Waals surface area contributed by atoms with Crippen LogP contribution < -0.4 is 9.62 Å². The summed E-state index contributed by atoms with van der Waals surface area (Å²) in [5.41, 5.74) is 1.27. The quantitative estimate of drug-likeness (QED) is 0.826. The van der Waals surface area contributed by atoms with Crippen molar-refractivity contribution in [1.82, 2.24) is 13.9 Å². The van der Waals surface area contributed by atoms with Gasteiger partial charge in [0.15, 0.2) is 0 Å². The molecule has 25 heavy (non-hydrogen) atoms. The maximum atomic E-state index is 12.4. The van der Waals surface area contributed by atoms with Crippen LogP contribution in [0.5, 0.6) is 0 Å². The van der Waals surface area contributed by atoms with Crippen LogP contribution in [-0.2, 0) is 10.2 Å². The number of rotatable bonds is 6. The first-order chi connectivity index (χ1) is 12.0. The van der Waals surface area contributed by atoms with E-state index < -0.39 is 10.2 Å². The number of anilines is 1. The normalized spacial score (nSPS) is 23.7. The fourth-order valence-electron chi connectivity index (χ4n) is 3.66. The van der Waals surface area contributed by atoms with Crippen LogP contribution in [0.1, 0.15) is 19.8 Å². The monoisotopic (exact) mass is 366 g/mol. The lowest BCUT2D eigenvalue weighted by Crippen LogP contribution is -2.50. The lowest BCUT2D eigenvalue weighted by Gasteiger charge is -2.36. The minimum absolute atomic E-state index is 0.455. The molecule has 1 aromatic rings. The molecule has 0 bridgehead atoms. The number of nitrogens with zero attached hydrogens (tertiary/aromatic N) is 3. The Morgan fingerprint density at radius 1 is 1.08 bits per heavy atom. The topological polar surface area (TPSA) is 55.9 Å². The number of piperazine rings is 1. The highest BCUT2D eigenvalue weighted by molar-refractivity contribution is 7.87. The third-order valence-electron chi connectivity index (χ3n) is 5.17. The number of benzene rings is 1. The smallest absolute Gasteiger partial charge is 0.279 e. The van der Waals surface area contributed by atoms with E-state index in [0.29, 0.717) is 25.6 Å². The molecule has 0 radical (unpaired) electrons. The van der Waals surface area contributed by atoms with E-state index in [1.165, 1.54) is 5.69 Å². The summed E-state index contributed by atoms with van der Waals surface area (Å²) >= 11 is 0. The number of piperidine rings is 1. The van der Waals surface area contributed by atoms with Gasteiger partial charge < -0.3 is 4.90 Å². The summed E-state index contributed by atoms with van der Waals surface area (Å²) in [5.74, 6) is 0.455. The van der Waals surface area contributed by atoms with Crippen LogP contribution in [-0.4, -0.2) is 70.0 Å². The molecule has 2 aliphatic rings. The highest BCUT2D eigenvalue weighted by atomic mass is 32.2. The third-order valence-corrected chi connectivity index (χ3v) is 6.75. The molecule has 0 aliphatic carbocycles. The highest BCUT2D eigenvalue weighted by Gasteiger charge is 2.26. The Morgan fingerprint density at radius 2 is 1.80 bits per heavy atom. The van der Waals surface area contributed by atoms with Crippen molar-refractivity contribution in [1.29, 1.82) is 0 Å². The van der Waals surface area contributed by atoms with Crippen molar-refractivity contribution in [3.05, 3.63) is 30.3 Å². The lowest BCUT2D eigenvalue weighted by atomic mass is 10.0. The zero-order chi connectivity index (χ0) is 17.7. The first kappa shape index (κ1) is 18.6. The molecule has 0 saturated carbocycles. The second-order valence-corrected chi connectivity index (χ2v) is 8.92. The summed E-state index contributed by atoms with van der Waals surface area (Å²) in [6, 6.07) is 10.5. The average molecular weight is 367 g/mol. The zero-order valence-corrected chi connectivity index (χ0v) is 15.9. The van der Waals surface area contributed by atoms with Crippen LogP contribution >= 0.6 is 0 Å². The Kier molecular flexibility index (Phi) is 6.33. The van der Waals surface area contributed by atoms with Crippen molar-refractivity contribution in [3.63, 3.8) is 0 Å². The molecule has 1 aromatic carbocycles. The molecule has 1 N–H and O–H groups in total. The molecule has 2 aliphatic heterocycles. The molecule has 6 nitrogen and oxygen atoms in total. The summed E-state index contributed by atoms with van der Waals surface area (Å²) in [5, 5.41) is 0. The minimum Gasteiger partial charge on any atom is -0.369 e. The van der Waals surface area contributed by atoms with E-state index in [1.54, 1.807) is 4.31 Å². The van der Waals surface area contributed by atoms with E-state index in [0.717, 1.165) is 45.6 Å². The molecule has 0 amide bonds. The number of hydrogen-bond acceptors (Lipinski definition) is 4. The molecule has 0 aromatic heterocycles. The summed E-state index contributed by atoms with van der Waals surface area (Å²) in [7, 11) is -3.32. The predicted octanol–water partition coefficient (Wildman–Crippen LogP) is 1.37. The number of para-hydroxylation sites is 1. The van der Waals surface area contributed by atoms with Gasteiger partial charge in [0.1, 0.15) is 0 Å². The van der Waals surface area contributed by atoms with Gasteiger partial charge in [0.05, 0.1) is 0 Å². The second-order valence-electron chi connectivity index (χ2n) is 7.17. The first-order valence-electron chi connectivity index (χ1n) is 9.32. The van der Waals surface area contributed by atoms with Crippen LogP contribution in [0.4, 0.5) is 5.69 Å². The average Bonchev–Trinajstić information content (AvgIpc) is 2.63. The van der Waals surface area contributed by atoms with Gasteiger partial charge in [-0.25, -0.2) is 4.72 Å². The van der Waals surface area contributed by atoms with Gasteiger partial charge in [-0.15, -0.1) is 0 Å². The Labute approximate surface area is 152 Å². The molecule has 1 unspecified atom stereocenters. The van der Waals surface area contributed by atoms with Gasteiger partial charge in [0, 0.05) is 58.0 Å². The van der Waals surface area contributed by atoms with E-state index in [4.69, 9.17) is 0 Å². The van der Waals surface area contributed by atoms with Gasteiger partial charge in [-0.05, 0) is 30.9 Å². The first-order valence-corrected chi connectivity index (χ1v) is 10.8. The van der Waals surface area contributed by atoms with Crippen LogP contribution in [0, 0.1) is 5.92 Å². The Morgan fingerprint density at radius 3 is 2.48 bits per heavy atom. The molecule has 1 atom stereocenters. The summed E-state index contributed by atoms with van der Waals surface area (Å²) in [6.45, 7) is 8.58. The van der Waals surface area contributed by atoms with Crippen molar-refractivity contribution in [2.45, 2.75) is 19.8 Å². The van der Waals surface area contributed by atoms with E-state index in [2.05, 4.69) is 45.7 Å². The molecular formula is C18H30N4O2S. The van der Waals surface area contributed by atoms with Gasteiger partial charge >= 0.3 is 0 Å². The molecular weight excluding hydrogens is 336 g/mol. The van der Waals surface area contributed by atoms with Crippen molar-refractivity contribution < 1.29 is 8.42 Å². The molecule has 2 fully saturated rings. The standard InChI is InChI=1S/C18H30N4O2S/c1-17-6-5-10-22(16-17)25(23,24)19-9-11-20-12-14-21(15-13-20)18-7-3-2-4-8-18/h2-4,7-8,17,19H,5-6,9-16H2,1H3. The van der Waals surface area contributed by atoms with Crippen LogP contribution in [0.25, 0.3) is 0 Å². The fraction of sp³-hybridized carbons (Fsp3) is 0.667. The maximum absolute atomic E-state index is 12.4. The summed E-state index contributed by atoms with van der Waals surface area (Å²) in [6.07, 6.45) is 2.08. The number of hydrogen-bond donors (Lipinski definition) is 1. The van der Waals surface area contributed by atoms with Crippen LogP contribution in [0.2, 0.25) is 0 Å². The van der Waals surface area contributed by atoms with Crippen molar-refractivity contribution in [2.24, 2.45) is 5.92 Å². The highest BCUT2D eigenvalue weighted by Crippen LogP contribution is 2.18. The molecule has 140 valence electrons. The predicted molar refractivity (Wildman–Crippen MR) is 102 cm³/mol. The van der Waals surface area contributed by atoms with E-state index in [1.807, 2.05) is 6.07 Å². The van der Waals surface area contributed by atoms with E-state index in [-0.39, 0.29) is 0 Å². The minimum atomic E-state index is -3.32. The molecule has 2 saturated heterocycles. The van der Waals surface area contributed by atoms with Crippen molar-refractivity contribution >= 4 is 15.9 Å². The van der Waals surface area contributed by atoms with Gasteiger partial charge in [0.2, 0.25) is 0 Å². The Balaban J connectivity index is 1.40. The number of nitrogens with one attached hydrogen (secondary N) is 1. The van der Waals surface area contributed by atoms with Gasteiger partial charge in [-0.2, -0.15) is 12.7 Å². The Hall–Kier alpha value is -1.15. The molecule has 3 rings (SSSR count). The molecule has 0 spiro atoms. The van der Waals surface area contributed by atoms with E-state index in [9.17, 15) is 8.42 Å². The zero-order valence-electron chi connectivity index (χ0n) is 15.1. The second kappa shape index (κ2) is 8.49. The Bertz CT molecular complexity index is 630. The maximum Gasteiger partial charge on any atom is 0.279 e. The van der Waals surface area contributed by atoms with Crippen molar-refractivity contribution in [3.8, 4) is 0 Å². The fourth-order valence-corrected chi connectivity index (χ4v) is 5.01. The van der Waals surface area contributed by atoms with Gasteiger partial charge in [0.25, 0.3) is 10.2 Å². The lowest BCUT2D eigenvalue weighted by molar-refractivity contribution is 0.257. The van der Waals surface area contributed by atoms with Crippen molar-refractivity contribution in [2.75, 3.05) is 57.3 Å². The third kappa shape index (κ3) is 5.17. The molecule has 7 heteroatoms. The van der Waals surface area contributed by atoms with Gasteiger partial charge in [-0.3, -0.25) is 4.90 Å². The molecule has 2 heterocycles. The summed E-state index contributed by atoms with van der Waals surface area (Å²) < 4.78 is 29.2. The summed E-state index contributed by atoms with van der Waals surface area (Å²) in [4.78, 5) is 4.72. The van der Waals surface area contributed by atoms with Crippen LogP contribution in [0.3, 0.4) is 0 Å².